The summed E-state index contributed by atoms with van der Waals surface area (Å²) in [7, 11) is 0. The standard InChI is InChI=1S/C12H14N3/c1-2-6-15(7-3-1)10-4-5-11-12(8-10)14-9-13-11/h4-5,8H,1-3,6-7H2,(H,13,14). The van der Waals surface area contributed by atoms with Crippen LogP contribution in [0.15, 0.2) is 18.2 Å². The first kappa shape index (κ1) is 8.77. The van der Waals surface area contributed by atoms with Gasteiger partial charge in [0.2, 0.25) is 0 Å². The van der Waals surface area contributed by atoms with Gasteiger partial charge >= 0.3 is 0 Å². The Labute approximate surface area is 89.1 Å². The summed E-state index contributed by atoms with van der Waals surface area (Å²) >= 11 is 0. The van der Waals surface area contributed by atoms with E-state index in [1.54, 1.807) is 0 Å². The van der Waals surface area contributed by atoms with Crippen molar-refractivity contribution in [3.8, 4) is 0 Å². The van der Waals surface area contributed by atoms with E-state index in [2.05, 4.69) is 39.4 Å². The average Bonchev–Trinajstić information content (AvgIpc) is 2.77. The van der Waals surface area contributed by atoms with E-state index in [0.29, 0.717) is 0 Å². The third kappa shape index (κ3) is 1.58. The lowest BCUT2D eigenvalue weighted by Gasteiger charge is -2.28. The highest BCUT2D eigenvalue weighted by Crippen LogP contribution is 2.22. The summed E-state index contributed by atoms with van der Waals surface area (Å²) in [5.41, 5.74) is 3.37. The van der Waals surface area contributed by atoms with Gasteiger partial charge in [0.05, 0.1) is 11.0 Å². The summed E-state index contributed by atoms with van der Waals surface area (Å²) < 4.78 is 0. The minimum atomic E-state index is 1.01. The number of nitrogens with one attached hydrogen (secondary N) is 1. The Morgan fingerprint density at radius 3 is 2.93 bits per heavy atom. The smallest absolute Gasteiger partial charge is 0.174 e. The lowest BCUT2D eigenvalue weighted by molar-refractivity contribution is 0.578. The van der Waals surface area contributed by atoms with Crippen LogP contribution < -0.4 is 4.90 Å². The molecule has 1 radical (unpaired) electrons. The predicted molar refractivity (Wildman–Crippen MR) is 61.0 cm³/mol. The molecule has 15 heavy (non-hydrogen) atoms. The van der Waals surface area contributed by atoms with E-state index in [9.17, 15) is 0 Å². The molecule has 3 rings (SSSR count). The van der Waals surface area contributed by atoms with Crippen LogP contribution in [0.25, 0.3) is 11.0 Å². The van der Waals surface area contributed by atoms with Gasteiger partial charge in [-0.05, 0) is 37.5 Å². The van der Waals surface area contributed by atoms with Gasteiger partial charge in [-0.3, -0.25) is 0 Å². The van der Waals surface area contributed by atoms with Crippen molar-refractivity contribution >= 4 is 16.7 Å². The van der Waals surface area contributed by atoms with Gasteiger partial charge < -0.3 is 9.88 Å². The number of aromatic amines is 1. The summed E-state index contributed by atoms with van der Waals surface area (Å²) in [5, 5.41) is 0. The molecule has 0 spiro atoms. The van der Waals surface area contributed by atoms with Gasteiger partial charge in [-0.2, -0.15) is 0 Å². The van der Waals surface area contributed by atoms with Crippen molar-refractivity contribution in [3.63, 3.8) is 0 Å². The van der Waals surface area contributed by atoms with Gasteiger partial charge in [-0.1, -0.05) is 0 Å². The number of hydrogen-bond donors (Lipinski definition) is 1. The number of aromatic nitrogens is 2. The fourth-order valence-electron chi connectivity index (χ4n) is 2.22. The molecule has 1 fully saturated rings. The number of rotatable bonds is 1. The van der Waals surface area contributed by atoms with Crippen molar-refractivity contribution < 1.29 is 0 Å². The Balaban J connectivity index is 1.95. The Bertz CT molecular complexity index is 455. The summed E-state index contributed by atoms with van der Waals surface area (Å²) in [4.78, 5) is 9.60. The Morgan fingerprint density at radius 1 is 1.20 bits per heavy atom. The van der Waals surface area contributed by atoms with Gasteiger partial charge in [-0.25, -0.2) is 4.98 Å². The first-order valence-electron chi connectivity index (χ1n) is 5.54. The van der Waals surface area contributed by atoms with E-state index in [-0.39, 0.29) is 0 Å². The number of fused-ring (bicyclic) bond motifs is 1. The van der Waals surface area contributed by atoms with Gasteiger partial charge in [0.25, 0.3) is 0 Å². The average molecular weight is 200 g/mol. The predicted octanol–water partition coefficient (Wildman–Crippen LogP) is 2.35. The van der Waals surface area contributed by atoms with E-state index in [1.165, 1.54) is 38.0 Å². The van der Waals surface area contributed by atoms with Crippen LogP contribution >= 0.6 is 0 Å². The molecule has 3 heteroatoms. The van der Waals surface area contributed by atoms with Gasteiger partial charge in [-0.15, -0.1) is 0 Å². The molecule has 0 unspecified atom stereocenters. The van der Waals surface area contributed by atoms with Crippen molar-refractivity contribution in [2.45, 2.75) is 19.3 Å². The number of anilines is 1. The molecular weight excluding hydrogens is 186 g/mol. The van der Waals surface area contributed by atoms with Crippen molar-refractivity contribution in [1.29, 1.82) is 0 Å². The molecule has 0 atom stereocenters. The highest BCUT2D eigenvalue weighted by Gasteiger charge is 2.11. The largest absolute Gasteiger partial charge is 0.371 e. The second-order valence-electron chi connectivity index (χ2n) is 4.10. The van der Waals surface area contributed by atoms with Crippen LogP contribution in [0.2, 0.25) is 0 Å². The van der Waals surface area contributed by atoms with Crippen molar-refractivity contribution in [2.24, 2.45) is 0 Å². The zero-order valence-electron chi connectivity index (χ0n) is 8.66. The third-order valence-corrected chi connectivity index (χ3v) is 3.07. The molecule has 3 nitrogen and oxygen atoms in total. The maximum Gasteiger partial charge on any atom is 0.174 e. The quantitative estimate of drug-likeness (QED) is 0.766. The zero-order valence-corrected chi connectivity index (χ0v) is 8.66. The first-order valence-corrected chi connectivity index (χ1v) is 5.54. The van der Waals surface area contributed by atoms with E-state index in [0.717, 1.165) is 11.0 Å². The highest BCUT2D eigenvalue weighted by atomic mass is 15.1. The molecule has 2 heterocycles. The molecule has 0 bridgehead atoms. The molecule has 77 valence electrons. The van der Waals surface area contributed by atoms with Gasteiger partial charge in [0.15, 0.2) is 6.33 Å². The fourth-order valence-corrected chi connectivity index (χ4v) is 2.22. The molecule has 0 aliphatic carbocycles. The second-order valence-corrected chi connectivity index (χ2v) is 4.10. The van der Waals surface area contributed by atoms with Crippen molar-refractivity contribution in [3.05, 3.63) is 24.5 Å². The topological polar surface area (TPSA) is 31.9 Å². The fraction of sp³-hybridized carbons (Fsp3) is 0.417. The molecule has 1 saturated heterocycles. The SMILES string of the molecule is [c]1nc2cc(N3CCCCC3)ccc2[nH]1. The molecule has 0 amide bonds. The molecule has 2 aromatic rings. The number of benzene rings is 1. The number of piperidine rings is 1. The third-order valence-electron chi connectivity index (χ3n) is 3.07. The van der Waals surface area contributed by atoms with Gasteiger partial charge in [0, 0.05) is 18.8 Å². The first-order chi connectivity index (χ1) is 7.43. The molecule has 1 N–H and O–H groups in total. The lowest BCUT2D eigenvalue weighted by atomic mass is 10.1. The van der Waals surface area contributed by atoms with E-state index < -0.39 is 0 Å². The summed E-state index contributed by atoms with van der Waals surface area (Å²) in [6.07, 6.45) is 6.76. The lowest BCUT2D eigenvalue weighted by Crippen LogP contribution is -2.29. The minimum Gasteiger partial charge on any atom is -0.371 e. The van der Waals surface area contributed by atoms with Crippen LogP contribution in [-0.4, -0.2) is 23.1 Å². The zero-order chi connectivity index (χ0) is 10.1. The van der Waals surface area contributed by atoms with Crippen LogP contribution in [0.4, 0.5) is 5.69 Å². The minimum absolute atomic E-state index is 1.01. The van der Waals surface area contributed by atoms with E-state index in [4.69, 9.17) is 0 Å². The monoisotopic (exact) mass is 200 g/mol. The number of H-pyrrole nitrogens is 1. The summed E-state index contributed by atoms with van der Waals surface area (Å²) in [6.45, 7) is 2.36. The van der Waals surface area contributed by atoms with Gasteiger partial charge in [0.1, 0.15) is 0 Å². The molecule has 0 saturated carbocycles. The van der Waals surface area contributed by atoms with Crippen LogP contribution in [0.3, 0.4) is 0 Å². The normalized spacial score (nSPS) is 17.2. The summed E-state index contributed by atoms with van der Waals surface area (Å²) in [5.74, 6) is 0. The molecule has 1 aromatic carbocycles. The summed E-state index contributed by atoms with van der Waals surface area (Å²) in [6, 6.07) is 6.40. The molecule has 1 aromatic heterocycles. The Morgan fingerprint density at radius 2 is 2.07 bits per heavy atom. The van der Waals surface area contributed by atoms with Crippen molar-refractivity contribution in [2.75, 3.05) is 18.0 Å². The van der Waals surface area contributed by atoms with Crippen LogP contribution in [-0.2, 0) is 0 Å². The van der Waals surface area contributed by atoms with E-state index in [1.807, 2.05) is 0 Å². The Hall–Kier alpha value is -1.51. The second kappa shape index (κ2) is 3.57. The number of imidazole rings is 1. The number of nitrogens with zero attached hydrogens (tertiary/aromatic N) is 2. The van der Waals surface area contributed by atoms with Crippen molar-refractivity contribution in [1.82, 2.24) is 9.97 Å². The maximum atomic E-state index is 4.17. The van der Waals surface area contributed by atoms with E-state index >= 15 is 0 Å². The maximum absolute atomic E-state index is 4.17. The van der Waals surface area contributed by atoms with Crippen LogP contribution in [0.5, 0.6) is 0 Å². The molecule has 1 aliphatic rings. The molecule has 1 aliphatic heterocycles. The number of hydrogen-bond acceptors (Lipinski definition) is 2. The van der Waals surface area contributed by atoms with Crippen LogP contribution in [0.1, 0.15) is 19.3 Å². The highest BCUT2D eigenvalue weighted by molar-refractivity contribution is 5.78. The van der Waals surface area contributed by atoms with Crippen LogP contribution in [0, 0.1) is 6.33 Å². The molecular formula is C12H14N3. The Kier molecular flexibility index (Phi) is 2.09.